The second kappa shape index (κ2) is 4.83. The SMILES string of the molecule is C=CC(O)CCSC(C)(C)C. The highest BCUT2D eigenvalue weighted by atomic mass is 32.2. The lowest BCUT2D eigenvalue weighted by Crippen LogP contribution is -2.11. The summed E-state index contributed by atoms with van der Waals surface area (Å²) in [5.74, 6) is 0.997. The van der Waals surface area contributed by atoms with Crippen LogP contribution in [0.15, 0.2) is 12.7 Å². The zero-order valence-electron chi connectivity index (χ0n) is 7.63. The van der Waals surface area contributed by atoms with Crippen LogP contribution in [0.3, 0.4) is 0 Å². The maximum absolute atomic E-state index is 9.12. The van der Waals surface area contributed by atoms with Gasteiger partial charge in [-0.3, -0.25) is 0 Å². The number of rotatable bonds is 4. The van der Waals surface area contributed by atoms with Crippen LogP contribution >= 0.6 is 11.8 Å². The lowest BCUT2D eigenvalue weighted by atomic mass is 10.3. The van der Waals surface area contributed by atoms with E-state index in [9.17, 15) is 0 Å². The molecule has 0 amide bonds. The van der Waals surface area contributed by atoms with E-state index in [-0.39, 0.29) is 6.10 Å². The van der Waals surface area contributed by atoms with E-state index in [0.29, 0.717) is 4.75 Å². The highest BCUT2D eigenvalue weighted by Crippen LogP contribution is 2.23. The molecule has 1 unspecified atom stereocenters. The molecule has 0 aliphatic rings. The van der Waals surface area contributed by atoms with Gasteiger partial charge in [0.05, 0.1) is 6.10 Å². The normalized spacial score (nSPS) is 14.5. The summed E-state index contributed by atoms with van der Waals surface area (Å²) in [6.45, 7) is 10.1. The minimum absolute atomic E-state index is 0.306. The van der Waals surface area contributed by atoms with Crippen molar-refractivity contribution in [1.29, 1.82) is 0 Å². The molecule has 0 aromatic rings. The van der Waals surface area contributed by atoms with Gasteiger partial charge in [-0.05, 0) is 12.2 Å². The zero-order chi connectivity index (χ0) is 8.91. The van der Waals surface area contributed by atoms with Crippen LogP contribution < -0.4 is 0 Å². The molecule has 0 rings (SSSR count). The Hall–Kier alpha value is 0.0500. The monoisotopic (exact) mass is 174 g/mol. The molecule has 0 heterocycles. The fourth-order valence-corrected chi connectivity index (χ4v) is 1.58. The molecule has 2 heteroatoms. The average molecular weight is 174 g/mol. The van der Waals surface area contributed by atoms with Gasteiger partial charge < -0.3 is 5.11 Å². The van der Waals surface area contributed by atoms with Crippen LogP contribution in [0.2, 0.25) is 0 Å². The largest absolute Gasteiger partial charge is 0.389 e. The molecule has 0 aromatic carbocycles. The molecule has 66 valence electrons. The highest BCUT2D eigenvalue weighted by Gasteiger charge is 2.10. The molecular weight excluding hydrogens is 156 g/mol. The third-order valence-corrected chi connectivity index (χ3v) is 2.53. The number of hydrogen-bond acceptors (Lipinski definition) is 2. The van der Waals surface area contributed by atoms with Gasteiger partial charge in [-0.1, -0.05) is 26.8 Å². The molecule has 0 fully saturated rings. The van der Waals surface area contributed by atoms with E-state index >= 15 is 0 Å². The first-order chi connectivity index (χ1) is 4.95. The molecule has 0 spiro atoms. The smallest absolute Gasteiger partial charge is 0.0726 e. The summed E-state index contributed by atoms with van der Waals surface area (Å²) in [5.41, 5.74) is 0. The average Bonchev–Trinajstić information content (AvgIpc) is 1.85. The fourth-order valence-electron chi connectivity index (χ4n) is 0.604. The van der Waals surface area contributed by atoms with Crippen molar-refractivity contribution in [2.24, 2.45) is 0 Å². The first kappa shape index (κ1) is 11.1. The number of hydrogen-bond donors (Lipinski definition) is 1. The van der Waals surface area contributed by atoms with E-state index in [2.05, 4.69) is 27.4 Å². The van der Waals surface area contributed by atoms with Crippen molar-refractivity contribution in [3.05, 3.63) is 12.7 Å². The van der Waals surface area contributed by atoms with Crippen molar-refractivity contribution in [3.63, 3.8) is 0 Å². The predicted octanol–water partition coefficient (Wildman–Crippen LogP) is 2.46. The Labute approximate surface area is 73.9 Å². The van der Waals surface area contributed by atoms with Gasteiger partial charge in [0.2, 0.25) is 0 Å². The first-order valence-corrected chi connectivity index (χ1v) is 4.89. The molecule has 0 aliphatic heterocycles. The molecule has 0 aliphatic carbocycles. The minimum atomic E-state index is -0.329. The van der Waals surface area contributed by atoms with Crippen LogP contribution in [0.1, 0.15) is 27.2 Å². The molecule has 1 nitrogen and oxygen atoms in total. The summed E-state index contributed by atoms with van der Waals surface area (Å²) in [6, 6.07) is 0. The number of aliphatic hydroxyl groups excluding tert-OH is 1. The Morgan fingerprint density at radius 2 is 2.09 bits per heavy atom. The van der Waals surface area contributed by atoms with E-state index in [0.717, 1.165) is 12.2 Å². The van der Waals surface area contributed by atoms with Crippen molar-refractivity contribution in [1.82, 2.24) is 0 Å². The molecule has 0 bridgehead atoms. The van der Waals surface area contributed by atoms with Crippen LogP contribution in [0.25, 0.3) is 0 Å². The van der Waals surface area contributed by atoms with E-state index in [1.165, 1.54) is 0 Å². The van der Waals surface area contributed by atoms with Crippen LogP contribution in [0.5, 0.6) is 0 Å². The minimum Gasteiger partial charge on any atom is -0.389 e. The molecule has 0 saturated heterocycles. The van der Waals surface area contributed by atoms with Gasteiger partial charge in [-0.25, -0.2) is 0 Å². The summed E-state index contributed by atoms with van der Waals surface area (Å²) < 4.78 is 0.306. The summed E-state index contributed by atoms with van der Waals surface area (Å²) in [4.78, 5) is 0. The maximum atomic E-state index is 9.12. The Morgan fingerprint density at radius 1 is 1.55 bits per heavy atom. The van der Waals surface area contributed by atoms with Crippen LogP contribution in [0.4, 0.5) is 0 Å². The quantitative estimate of drug-likeness (QED) is 0.661. The van der Waals surface area contributed by atoms with Crippen LogP contribution in [-0.2, 0) is 0 Å². The van der Waals surface area contributed by atoms with Crippen LogP contribution in [-0.4, -0.2) is 21.7 Å². The summed E-state index contributed by atoms with van der Waals surface area (Å²) in [6.07, 6.45) is 2.07. The molecule has 0 saturated carbocycles. The summed E-state index contributed by atoms with van der Waals surface area (Å²) in [5, 5.41) is 9.12. The van der Waals surface area contributed by atoms with Crippen LogP contribution in [0, 0.1) is 0 Å². The van der Waals surface area contributed by atoms with Gasteiger partial charge in [-0.15, -0.1) is 6.58 Å². The van der Waals surface area contributed by atoms with E-state index < -0.39 is 0 Å². The summed E-state index contributed by atoms with van der Waals surface area (Å²) in [7, 11) is 0. The Balaban J connectivity index is 3.35. The fraction of sp³-hybridized carbons (Fsp3) is 0.778. The Morgan fingerprint density at radius 3 is 2.45 bits per heavy atom. The Bertz CT molecular complexity index is 115. The molecule has 0 aromatic heterocycles. The molecule has 11 heavy (non-hydrogen) atoms. The van der Waals surface area contributed by atoms with Gasteiger partial charge in [0, 0.05) is 4.75 Å². The molecule has 0 radical (unpaired) electrons. The summed E-state index contributed by atoms with van der Waals surface area (Å²) >= 11 is 1.87. The van der Waals surface area contributed by atoms with Gasteiger partial charge >= 0.3 is 0 Å². The van der Waals surface area contributed by atoms with Crippen molar-refractivity contribution in [3.8, 4) is 0 Å². The maximum Gasteiger partial charge on any atom is 0.0726 e. The number of aliphatic hydroxyl groups is 1. The standard InChI is InChI=1S/C9H18OS/c1-5-8(10)6-7-11-9(2,3)4/h5,8,10H,1,6-7H2,2-4H3. The predicted molar refractivity (Wildman–Crippen MR) is 53.0 cm³/mol. The third-order valence-electron chi connectivity index (χ3n) is 1.22. The second-order valence-electron chi connectivity index (χ2n) is 3.55. The van der Waals surface area contributed by atoms with Gasteiger partial charge in [0.15, 0.2) is 0 Å². The lowest BCUT2D eigenvalue weighted by molar-refractivity contribution is 0.221. The molecule has 1 atom stereocenters. The van der Waals surface area contributed by atoms with E-state index in [4.69, 9.17) is 5.11 Å². The molecular formula is C9H18OS. The van der Waals surface area contributed by atoms with E-state index in [1.807, 2.05) is 11.8 Å². The van der Waals surface area contributed by atoms with Crippen molar-refractivity contribution in [2.75, 3.05) is 5.75 Å². The first-order valence-electron chi connectivity index (χ1n) is 3.90. The number of thioether (sulfide) groups is 1. The van der Waals surface area contributed by atoms with Gasteiger partial charge in [0.1, 0.15) is 0 Å². The van der Waals surface area contributed by atoms with E-state index in [1.54, 1.807) is 6.08 Å². The van der Waals surface area contributed by atoms with Crippen molar-refractivity contribution < 1.29 is 5.11 Å². The van der Waals surface area contributed by atoms with Crippen molar-refractivity contribution in [2.45, 2.75) is 38.0 Å². The van der Waals surface area contributed by atoms with Gasteiger partial charge in [0.25, 0.3) is 0 Å². The molecule has 1 N–H and O–H groups in total. The second-order valence-corrected chi connectivity index (χ2v) is 5.47. The topological polar surface area (TPSA) is 20.2 Å². The zero-order valence-corrected chi connectivity index (χ0v) is 8.45. The lowest BCUT2D eigenvalue weighted by Gasteiger charge is -2.17. The van der Waals surface area contributed by atoms with Crippen molar-refractivity contribution >= 4 is 11.8 Å². The Kier molecular flexibility index (Phi) is 4.86. The third kappa shape index (κ3) is 7.95. The van der Waals surface area contributed by atoms with Gasteiger partial charge in [-0.2, -0.15) is 11.8 Å². The highest BCUT2D eigenvalue weighted by molar-refractivity contribution is 8.00.